The maximum atomic E-state index is 13.0. The van der Waals surface area contributed by atoms with Gasteiger partial charge in [-0.15, -0.1) is 0 Å². The Morgan fingerprint density at radius 2 is 1.61 bits per heavy atom. The Bertz CT molecular complexity index is 575. The van der Waals surface area contributed by atoms with Gasteiger partial charge in [0.25, 0.3) is 0 Å². The number of halogens is 3. The van der Waals surface area contributed by atoms with Gasteiger partial charge in [-0.05, 0) is 36.4 Å². The van der Waals surface area contributed by atoms with E-state index in [9.17, 15) is 4.39 Å². The van der Waals surface area contributed by atoms with Crippen molar-refractivity contribution in [1.82, 2.24) is 0 Å². The number of methoxy groups -OCH3 is 1. The summed E-state index contributed by atoms with van der Waals surface area (Å²) in [6.45, 7) is 0. The molecule has 2 rings (SSSR count). The molecule has 2 aromatic rings. The van der Waals surface area contributed by atoms with Crippen molar-refractivity contribution >= 4 is 34.6 Å². The van der Waals surface area contributed by atoms with Crippen molar-refractivity contribution in [2.24, 2.45) is 0 Å². The zero-order chi connectivity index (χ0) is 13.1. The number of benzene rings is 2. The summed E-state index contributed by atoms with van der Waals surface area (Å²) in [7, 11) is 1.55. The van der Waals surface area contributed by atoms with Gasteiger partial charge in [-0.25, -0.2) is 4.39 Å². The van der Waals surface area contributed by atoms with Crippen LogP contribution < -0.4 is 10.1 Å². The highest BCUT2D eigenvalue weighted by molar-refractivity contribution is 6.32. The van der Waals surface area contributed by atoms with E-state index in [1.54, 1.807) is 25.3 Å². The lowest BCUT2D eigenvalue weighted by Gasteiger charge is -2.09. The lowest BCUT2D eigenvalue weighted by atomic mass is 10.2. The number of hydrogen-bond acceptors (Lipinski definition) is 2. The number of nitrogens with one attached hydrogen (secondary N) is 1. The third kappa shape index (κ3) is 2.86. The first-order valence-corrected chi connectivity index (χ1v) is 5.91. The molecule has 0 fully saturated rings. The van der Waals surface area contributed by atoms with Crippen LogP contribution in [0.4, 0.5) is 15.8 Å². The summed E-state index contributed by atoms with van der Waals surface area (Å²) in [4.78, 5) is 0. The minimum atomic E-state index is -0.449. The molecule has 2 nitrogen and oxygen atoms in total. The Kier molecular flexibility index (Phi) is 3.94. The van der Waals surface area contributed by atoms with Crippen molar-refractivity contribution < 1.29 is 9.13 Å². The van der Waals surface area contributed by atoms with E-state index in [1.807, 2.05) is 6.07 Å². The summed E-state index contributed by atoms with van der Waals surface area (Å²) < 4.78 is 18.1. The molecule has 0 atom stereocenters. The van der Waals surface area contributed by atoms with Crippen LogP contribution in [0.1, 0.15) is 0 Å². The molecule has 0 aliphatic heterocycles. The third-order valence-electron chi connectivity index (χ3n) is 2.36. The van der Waals surface area contributed by atoms with Gasteiger partial charge >= 0.3 is 0 Å². The zero-order valence-electron chi connectivity index (χ0n) is 9.51. The molecule has 0 aliphatic rings. The first kappa shape index (κ1) is 13.0. The smallest absolute Gasteiger partial charge is 0.141 e. The summed E-state index contributed by atoms with van der Waals surface area (Å²) in [5, 5.41) is 3.64. The number of anilines is 2. The van der Waals surface area contributed by atoms with E-state index in [0.29, 0.717) is 16.5 Å². The Labute approximate surface area is 114 Å². The van der Waals surface area contributed by atoms with E-state index in [2.05, 4.69) is 5.32 Å². The van der Waals surface area contributed by atoms with Crippen molar-refractivity contribution in [3.05, 3.63) is 52.3 Å². The topological polar surface area (TPSA) is 21.3 Å². The van der Waals surface area contributed by atoms with Gasteiger partial charge in [0.2, 0.25) is 0 Å². The fraction of sp³-hybridized carbons (Fsp3) is 0.0769. The van der Waals surface area contributed by atoms with E-state index in [1.165, 1.54) is 12.1 Å². The SMILES string of the molecule is COc1ccc(Nc2ccc(F)c(Cl)c2)cc1Cl. The van der Waals surface area contributed by atoms with Gasteiger partial charge in [-0.3, -0.25) is 0 Å². The van der Waals surface area contributed by atoms with Crippen molar-refractivity contribution in [3.63, 3.8) is 0 Å². The summed E-state index contributed by atoms with van der Waals surface area (Å²) in [5.41, 5.74) is 1.45. The number of rotatable bonds is 3. The molecule has 2 aromatic carbocycles. The summed E-state index contributed by atoms with van der Waals surface area (Å²) >= 11 is 11.7. The minimum Gasteiger partial charge on any atom is -0.495 e. The normalized spacial score (nSPS) is 10.2. The Hall–Kier alpha value is -1.45. The van der Waals surface area contributed by atoms with Gasteiger partial charge in [0, 0.05) is 11.4 Å². The largest absolute Gasteiger partial charge is 0.495 e. The van der Waals surface area contributed by atoms with Crippen LogP contribution >= 0.6 is 23.2 Å². The minimum absolute atomic E-state index is 0.0691. The number of hydrogen-bond donors (Lipinski definition) is 1. The molecule has 18 heavy (non-hydrogen) atoms. The molecule has 0 aromatic heterocycles. The first-order chi connectivity index (χ1) is 8.60. The van der Waals surface area contributed by atoms with Gasteiger partial charge in [0.15, 0.2) is 0 Å². The van der Waals surface area contributed by atoms with Gasteiger partial charge in [-0.2, -0.15) is 0 Å². The van der Waals surface area contributed by atoms with E-state index in [4.69, 9.17) is 27.9 Å². The van der Waals surface area contributed by atoms with Crippen molar-refractivity contribution in [2.75, 3.05) is 12.4 Å². The zero-order valence-corrected chi connectivity index (χ0v) is 11.0. The van der Waals surface area contributed by atoms with Crippen LogP contribution in [0.25, 0.3) is 0 Å². The Morgan fingerprint density at radius 3 is 2.17 bits per heavy atom. The van der Waals surface area contributed by atoms with Gasteiger partial charge < -0.3 is 10.1 Å². The van der Waals surface area contributed by atoms with Crippen LogP contribution in [0, 0.1) is 5.82 Å². The highest BCUT2D eigenvalue weighted by Crippen LogP contribution is 2.29. The number of ether oxygens (including phenoxy) is 1. The fourth-order valence-electron chi connectivity index (χ4n) is 1.48. The van der Waals surface area contributed by atoms with E-state index in [-0.39, 0.29) is 5.02 Å². The highest BCUT2D eigenvalue weighted by atomic mass is 35.5. The van der Waals surface area contributed by atoms with Crippen LogP contribution in [-0.4, -0.2) is 7.11 Å². The lowest BCUT2D eigenvalue weighted by Crippen LogP contribution is -1.92. The molecule has 0 radical (unpaired) electrons. The monoisotopic (exact) mass is 285 g/mol. The summed E-state index contributed by atoms with van der Waals surface area (Å²) in [5.74, 6) is 0.148. The third-order valence-corrected chi connectivity index (χ3v) is 2.95. The van der Waals surface area contributed by atoms with Crippen molar-refractivity contribution in [2.45, 2.75) is 0 Å². The summed E-state index contributed by atoms with van der Waals surface area (Å²) in [6.07, 6.45) is 0. The molecule has 0 spiro atoms. The molecule has 0 unspecified atom stereocenters. The van der Waals surface area contributed by atoms with Crippen molar-refractivity contribution in [3.8, 4) is 5.75 Å². The Morgan fingerprint density at radius 1 is 1.00 bits per heavy atom. The molecule has 0 saturated carbocycles. The second kappa shape index (κ2) is 5.46. The van der Waals surface area contributed by atoms with Gasteiger partial charge in [0.05, 0.1) is 17.2 Å². The van der Waals surface area contributed by atoms with Crippen LogP contribution in [-0.2, 0) is 0 Å². The van der Waals surface area contributed by atoms with Gasteiger partial charge in [-0.1, -0.05) is 23.2 Å². The van der Waals surface area contributed by atoms with Crippen LogP contribution in [0.5, 0.6) is 5.75 Å². The average Bonchev–Trinajstić information content (AvgIpc) is 2.34. The average molecular weight is 286 g/mol. The van der Waals surface area contributed by atoms with Crippen LogP contribution in [0.2, 0.25) is 10.0 Å². The second-order valence-electron chi connectivity index (χ2n) is 3.60. The maximum Gasteiger partial charge on any atom is 0.141 e. The summed E-state index contributed by atoms with van der Waals surface area (Å²) in [6, 6.07) is 9.68. The molecule has 0 amide bonds. The van der Waals surface area contributed by atoms with E-state index in [0.717, 1.165) is 5.69 Å². The predicted molar refractivity (Wildman–Crippen MR) is 72.7 cm³/mol. The van der Waals surface area contributed by atoms with Crippen LogP contribution in [0.15, 0.2) is 36.4 Å². The standard InChI is InChI=1S/C13H10Cl2FNO/c1-18-13-5-3-9(7-11(13)15)17-8-2-4-12(16)10(14)6-8/h2-7,17H,1H3. The fourth-order valence-corrected chi connectivity index (χ4v) is 1.92. The molecule has 0 heterocycles. The molecular formula is C13H10Cl2FNO. The lowest BCUT2D eigenvalue weighted by molar-refractivity contribution is 0.415. The van der Waals surface area contributed by atoms with E-state index < -0.39 is 5.82 Å². The van der Waals surface area contributed by atoms with Crippen LogP contribution in [0.3, 0.4) is 0 Å². The van der Waals surface area contributed by atoms with Gasteiger partial charge in [0.1, 0.15) is 11.6 Å². The van der Waals surface area contributed by atoms with Crippen molar-refractivity contribution in [1.29, 1.82) is 0 Å². The Balaban J connectivity index is 2.23. The molecule has 0 saturated heterocycles. The molecule has 5 heteroatoms. The predicted octanol–water partition coefficient (Wildman–Crippen LogP) is 4.88. The molecule has 94 valence electrons. The molecule has 1 N–H and O–H groups in total. The quantitative estimate of drug-likeness (QED) is 0.867. The van der Waals surface area contributed by atoms with E-state index >= 15 is 0 Å². The molecule has 0 bridgehead atoms. The second-order valence-corrected chi connectivity index (χ2v) is 4.42. The molecule has 0 aliphatic carbocycles. The maximum absolute atomic E-state index is 13.0. The first-order valence-electron chi connectivity index (χ1n) is 5.16. The highest BCUT2D eigenvalue weighted by Gasteiger charge is 2.04. The molecular weight excluding hydrogens is 276 g/mol.